The second-order valence-electron chi connectivity index (χ2n) is 11.6. The summed E-state index contributed by atoms with van der Waals surface area (Å²) in [5.41, 5.74) is 0.758. The lowest BCUT2D eigenvalue weighted by atomic mass is 9.93. The molecule has 1 aliphatic rings. The van der Waals surface area contributed by atoms with Gasteiger partial charge in [-0.15, -0.1) is 11.3 Å². The van der Waals surface area contributed by atoms with Crippen molar-refractivity contribution in [3.63, 3.8) is 0 Å². The summed E-state index contributed by atoms with van der Waals surface area (Å²) in [6, 6.07) is 2.99. The number of carboxylic acid groups (broad SMARTS) is 1. The molecule has 0 aromatic carbocycles. The largest absolute Gasteiger partial charge is 0.478 e. The van der Waals surface area contributed by atoms with Crippen molar-refractivity contribution in [2.75, 3.05) is 50.5 Å². The highest BCUT2D eigenvalue weighted by atomic mass is 32.1. The predicted molar refractivity (Wildman–Crippen MR) is 165 cm³/mol. The summed E-state index contributed by atoms with van der Waals surface area (Å²) in [5, 5.41) is 17.1. The van der Waals surface area contributed by atoms with Gasteiger partial charge in [0.25, 0.3) is 11.5 Å². The van der Waals surface area contributed by atoms with Crippen LogP contribution in [0.25, 0.3) is 11.7 Å². The molecule has 1 saturated heterocycles. The molecule has 0 spiro atoms. The van der Waals surface area contributed by atoms with Crippen molar-refractivity contribution < 1.29 is 24.2 Å². The fourth-order valence-corrected chi connectivity index (χ4v) is 5.40. The summed E-state index contributed by atoms with van der Waals surface area (Å²) >= 11 is 1.33. The van der Waals surface area contributed by atoms with Crippen molar-refractivity contribution in [2.45, 2.75) is 45.1 Å². The van der Waals surface area contributed by atoms with Crippen LogP contribution in [0.2, 0.25) is 0 Å². The number of ether oxygens (including phenoxy) is 1. The highest BCUT2D eigenvalue weighted by Gasteiger charge is 2.27. The molecule has 4 rings (SSSR count). The lowest BCUT2D eigenvalue weighted by molar-refractivity contribution is -0.131. The number of alkyl carbamates (subject to hydrolysis) is 1. The molecule has 2 amide bonds. The first-order valence-corrected chi connectivity index (χ1v) is 14.8. The number of nitrogens with one attached hydrogen (secondary N) is 2. The molecule has 4 heterocycles. The quantitative estimate of drug-likeness (QED) is 0.307. The summed E-state index contributed by atoms with van der Waals surface area (Å²) in [6.07, 6.45) is 3.83. The Morgan fingerprint density at radius 3 is 2.70 bits per heavy atom. The van der Waals surface area contributed by atoms with Crippen LogP contribution in [0.5, 0.6) is 0 Å². The van der Waals surface area contributed by atoms with Crippen molar-refractivity contribution in [3.05, 3.63) is 57.0 Å². The number of carbonyl (C=O) groups excluding carboxylic acids is 2. The standard InChI is InChI=1S/C29H37N7O6S/c1-29(2,3)21-17-43-27(31-21)33-25(39)18-10-13-36-22(15-18)32-24(20(26(36)40)8-9-23(37)38)35-12-6-7-19(16-35)42-28(41)30-11-14-34(4)5/h8-10,13,15,17,19H,6-7,11-12,14,16H2,1-5H3,(H,30,41)(H,37,38)(H,31,33,39)/b9-8+/t19-/m1/s1. The third-order valence-electron chi connectivity index (χ3n) is 6.77. The molecule has 230 valence electrons. The first-order chi connectivity index (χ1) is 20.3. The maximum absolute atomic E-state index is 13.5. The van der Waals surface area contributed by atoms with Crippen molar-refractivity contribution in [1.82, 2.24) is 24.6 Å². The molecule has 1 fully saturated rings. The lowest BCUT2D eigenvalue weighted by Crippen LogP contribution is -2.44. The van der Waals surface area contributed by atoms with Gasteiger partial charge in [-0.05, 0) is 45.1 Å². The summed E-state index contributed by atoms with van der Waals surface area (Å²) in [6.45, 7) is 7.99. The van der Waals surface area contributed by atoms with Gasteiger partial charge in [-0.1, -0.05) is 20.8 Å². The molecule has 1 atom stereocenters. The van der Waals surface area contributed by atoms with Gasteiger partial charge in [0.15, 0.2) is 5.13 Å². The summed E-state index contributed by atoms with van der Waals surface area (Å²) in [7, 11) is 3.81. The Balaban J connectivity index is 1.62. The SMILES string of the molecule is CN(C)CCNC(=O)O[C@@H]1CCCN(c2nc3cc(C(=O)Nc4nc(C(C)(C)C)cs4)ccn3c(=O)c2/C=C/C(=O)O)C1. The number of likely N-dealkylation sites (N-methyl/N-ethyl adjacent to an activating group) is 1. The van der Waals surface area contributed by atoms with Crippen LogP contribution in [0.1, 0.15) is 55.2 Å². The Hall–Kier alpha value is -4.30. The van der Waals surface area contributed by atoms with E-state index in [0.717, 1.165) is 11.8 Å². The number of rotatable bonds is 9. The smallest absolute Gasteiger partial charge is 0.407 e. The van der Waals surface area contributed by atoms with E-state index < -0.39 is 29.6 Å². The monoisotopic (exact) mass is 611 g/mol. The lowest BCUT2D eigenvalue weighted by Gasteiger charge is -2.34. The fourth-order valence-electron chi connectivity index (χ4n) is 4.47. The van der Waals surface area contributed by atoms with Crippen molar-refractivity contribution in [3.8, 4) is 0 Å². The summed E-state index contributed by atoms with van der Waals surface area (Å²) in [4.78, 5) is 63.2. The number of nitrogens with zero attached hydrogens (tertiary/aromatic N) is 5. The minimum Gasteiger partial charge on any atom is -0.478 e. The molecule has 3 aromatic heterocycles. The fraction of sp³-hybridized carbons (Fsp3) is 0.448. The molecule has 1 aliphatic heterocycles. The predicted octanol–water partition coefficient (Wildman–Crippen LogP) is 3.06. The molecule has 0 bridgehead atoms. The molecule has 13 nitrogen and oxygen atoms in total. The first-order valence-electron chi connectivity index (χ1n) is 13.9. The van der Waals surface area contributed by atoms with Gasteiger partial charge in [0.05, 0.1) is 17.8 Å². The van der Waals surface area contributed by atoms with E-state index in [1.54, 1.807) is 4.90 Å². The molecule has 3 aromatic rings. The number of piperidine rings is 1. The Kier molecular flexibility index (Phi) is 9.81. The van der Waals surface area contributed by atoms with Crippen LogP contribution in [-0.4, -0.2) is 88.7 Å². The minimum absolute atomic E-state index is 0.0747. The van der Waals surface area contributed by atoms with Crippen LogP contribution in [0.3, 0.4) is 0 Å². The average Bonchev–Trinajstić information content (AvgIpc) is 3.41. The first kappa shape index (κ1) is 31.6. The number of aliphatic carboxylic acids is 1. The normalized spacial score (nSPS) is 15.7. The van der Waals surface area contributed by atoms with Crippen LogP contribution >= 0.6 is 11.3 Å². The zero-order valence-corrected chi connectivity index (χ0v) is 25.7. The topological polar surface area (TPSA) is 158 Å². The van der Waals surface area contributed by atoms with Gasteiger partial charge in [0.1, 0.15) is 17.6 Å². The Morgan fingerprint density at radius 1 is 1.26 bits per heavy atom. The molecule has 43 heavy (non-hydrogen) atoms. The van der Waals surface area contributed by atoms with Gasteiger partial charge >= 0.3 is 12.1 Å². The van der Waals surface area contributed by atoms with E-state index in [1.165, 1.54) is 40.1 Å². The van der Waals surface area contributed by atoms with Crippen molar-refractivity contribution >= 4 is 52.0 Å². The van der Waals surface area contributed by atoms with E-state index in [4.69, 9.17) is 9.72 Å². The molecular weight excluding hydrogens is 574 g/mol. The molecule has 0 unspecified atom stereocenters. The van der Waals surface area contributed by atoms with E-state index >= 15 is 0 Å². The third-order valence-corrected chi connectivity index (χ3v) is 7.53. The second kappa shape index (κ2) is 13.3. The molecule has 14 heteroatoms. The third kappa shape index (κ3) is 8.17. The van der Waals surface area contributed by atoms with Gasteiger partial charge < -0.3 is 25.0 Å². The van der Waals surface area contributed by atoms with Gasteiger partial charge in [-0.3, -0.25) is 19.3 Å². The molecule has 3 N–H and O–H groups in total. The van der Waals surface area contributed by atoms with Crippen LogP contribution in [0.4, 0.5) is 15.7 Å². The van der Waals surface area contributed by atoms with E-state index in [1.807, 2.05) is 45.1 Å². The van der Waals surface area contributed by atoms with Gasteiger partial charge in [-0.25, -0.2) is 19.6 Å². The highest BCUT2D eigenvalue weighted by Crippen LogP contribution is 2.27. The van der Waals surface area contributed by atoms with Crippen LogP contribution < -0.4 is 21.1 Å². The Labute approximate surface area is 253 Å². The number of carbonyl (C=O) groups is 3. The Morgan fingerprint density at radius 2 is 2.02 bits per heavy atom. The number of hydrogen-bond donors (Lipinski definition) is 3. The maximum Gasteiger partial charge on any atom is 0.407 e. The number of amides is 2. The van der Waals surface area contributed by atoms with E-state index in [-0.39, 0.29) is 34.6 Å². The van der Waals surface area contributed by atoms with Gasteiger partial charge in [0, 0.05) is 48.3 Å². The van der Waals surface area contributed by atoms with Crippen molar-refractivity contribution in [1.29, 1.82) is 0 Å². The molecular formula is C29H37N7O6S. The zero-order valence-electron chi connectivity index (χ0n) is 24.9. The van der Waals surface area contributed by atoms with Crippen molar-refractivity contribution in [2.24, 2.45) is 0 Å². The number of pyridine rings is 1. The maximum atomic E-state index is 13.5. The van der Waals surface area contributed by atoms with Gasteiger partial charge in [0.2, 0.25) is 0 Å². The number of carboxylic acids is 1. The molecule has 0 aliphatic carbocycles. The van der Waals surface area contributed by atoms with Crippen LogP contribution in [0.15, 0.2) is 34.6 Å². The highest BCUT2D eigenvalue weighted by molar-refractivity contribution is 7.14. The van der Waals surface area contributed by atoms with E-state index in [2.05, 4.69) is 15.6 Å². The summed E-state index contributed by atoms with van der Waals surface area (Å²) in [5.74, 6) is -1.38. The summed E-state index contributed by atoms with van der Waals surface area (Å²) < 4.78 is 6.88. The number of aromatic nitrogens is 3. The van der Waals surface area contributed by atoms with Crippen LogP contribution in [-0.2, 0) is 14.9 Å². The van der Waals surface area contributed by atoms with Gasteiger partial charge in [-0.2, -0.15) is 0 Å². The second-order valence-corrected chi connectivity index (χ2v) is 12.4. The molecule has 0 saturated carbocycles. The number of thiazole rings is 1. The number of hydrogen-bond acceptors (Lipinski definition) is 10. The minimum atomic E-state index is -1.21. The zero-order chi connectivity index (χ0) is 31.3. The number of fused-ring (bicyclic) bond motifs is 1. The van der Waals surface area contributed by atoms with E-state index in [9.17, 15) is 24.3 Å². The van der Waals surface area contributed by atoms with E-state index in [0.29, 0.717) is 37.6 Å². The molecule has 0 radical (unpaired) electrons. The van der Waals surface area contributed by atoms with Crippen LogP contribution in [0, 0.1) is 0 Å². The average molecular weight is 612 g/mol. The Bertz CT molecular complexity index is 1590. The number of anilines is 2.